The molecule has 0 aliphatic carbocycles. The van der Waals surface area contributed by atoms with Crippen molar-refractivity contribution in [2.75, 3.05) is 11.1 Å². The number of rotatable bonds is 6. The van der Waals surface area contributed by atoms with Gasteiger partial charge in [0, 0.05) is 24.6 Å². The number of thiazole rings is 1. The fourth-order valence-electron chi connectivity index (χ4n) is 2.42. The molecule has 0 aliphatic rings. The van der Waals surface area contributed by atoms with Crippen LogP contribution in [0.2, 0.25) is 5.02 Å². The van der Waals surface area contributed by atoms with Crippen LogP contribution in [0.1, 0.15) is 37.2 Å². The Hall–Kier alpha value is -3.05. The Bertz CT molecular complexity index is 1100. The summed E-state index contributed by atoms with van der Waals surface area (Å²) in [6, 6.07) is 4.45. The molecular formula is C18H13ClF3N5O2S. The molecule has 2 aromatic heterocycles. The molecule has 0 atom stereocenters. The Morgan fingerprint density at radius 3 is 2.63 bits per heavy atom. The molecular weight excluding hydrogens is 443 g/mol. The van der Waals surface area contributed by atoms with Crippen LogP contribution >= 0.6 is 22.9 Å². The van der Waals surface area contributed by atoms with Gasteiger partial charge in [0.25, 0.3) is 5.91 Å². The van der Waals surface area contributed by atoms with Crippen LogP contribution in [0.4, 0.5) is 24.7 Å². The molecule has 3 N–H and O–H groups in total. The van der Waals surface area contributed by atoms with Crippen molar-refractivity contribution in [2.24, 2.45) is 0 Å². The fourth-order valence-corrected chi connectivity index (χ4v) is 3.45. The minimum Gasteiger partial charge on any atom is -0.384 e. The van der Waals surface area contributed by atoms with Crippen LogP contribution in [0.3, 0.4) is 0 Å². The molecule has 0 fully saturated rings. The summed E-state index contributed by atoms with van der Waals surface area (Å²) in [6.07, 6.45) is -1.80. The lowest BCUT2D eigenvalue weighted by Gasteiger charge is -2.11. The Morgan fingerprint density at radius 1 is 1.17 bits per heavy atom. The SMILES string of the molecule is Nc1cc(C(=O)CCc2ncc(C(=O)Nc3ccc(Cl)c(C(F)(F)F)c3)s2)ncn1. The maximum Gasteiger partial charge on any atom is 0.417 e. The summed E-state index contributed by atoms with van der Waals surface area (Å²) in [5.41, 5.74) is 4.60. The number of ketones is 1. The number of alkyl halides is 3. The van der Waals surface area contributed by atoms with E-state index in [2.05, 4.69) is 20.3 Å². The zero-order valence-corrected chi connectivity index (χ0v) is 16.6. The summed E-state index contributed by atoms with van der Waals surface area (Å²) in [5, 5.41) is 2.44. The molecule has 0 radical (unpaired) electrons. The molecule has 0 saturated heterocycles. The van der Waals surface area contributed by atoms with Gasteiger partial charge in [-0.3, -0.25) is 9.59 Å². The Kier molecular flexibility index (Phi) is 6.32. The van der Waals surface area contributed by atoms with Crippen molar-refractivity contribution in [1.29, 1.82) is 0 Å². The molecule has 30 heavy (non-hydrogen) atoms. The monoisotopic (exact) mass is 455 g/mol. The number of anilines is 2. The molecule has 0 unspecified atom stereocenters. The number of nitrogens with zero attached hydrogens (tertiary/aromatic N) is 3. The fraction of sp³-hybridized carbons (Fsp3) is 0.167. The molecule has 7 nitrogen and oxygen atoms in total. The Morgan fingerprint density at radius 2 is 1.93 bits per heavy atom. The summed E-state index contributed by atoms with van der Waals surface area (Å²) in [7, 11) is 0. The van der Waals surface area contributed by atoms with E-state index in [4.69, 9.17) is 17.3 Å². The summed E-state index contributed by atoms with van der Waals surface area (Å²) in [4.78, 5) is 36.3. The number of carbonyl (C=O) groups is 2. The van der Waals surface area contributed by atoms with Gasteiger partial charge < -0.3 is 11.1 Å². The van der Waals surface area contributed by atoms with E-state index < -0.39 is 22.7 Å². The molecule has 0 spiro atoms. The van der Waals surface area contributed by atoms with E-state index in [1.54, 1.807) is 0 Å². The minimum atomic E-state index is -4.64. The Labute approximate surface area is 177 Å². The first-order valence-electron chi connectivity index (χ1n) is 8.37. The lowest BCUT2D eigenvalue weighted by Crippen LogP contribution is -2.12. The first-order chi connectivity index (χ1) is 14.1. The van der Waals surface area contributed by atoms with E-state index in [9.17, 15) is 22.8 Å². The van der Waals surface area contributed by atoms with Gasteiger partial charge in [0.2, 0.25) is 0 Å². The highest BCUT2D eigenvalue weighted by atomic mass is 35.5. The summed E-state index contributed by atoms with van der Waals surface area (Å²) >= 11 is 6.60. The van der Waals surface area contributed by atoms with E-state index in [1.165, 1.54) is 24.7 Å². The second-order valence-electron chi connectivity index (χ2n) is 6.02. The van der Waals surface area contributed by atoms with E-state index in [1.807, 2.05) is 0 Å². The molecule has 1 amide bonds. The predicted molar refractivity (Wildman–Crippen MR) is 106 cm³/mol. The highest BCUT2D eigenvalue weighted by molar-refractivity contribution is 7.13. The van der Waals surface area contributed by atoms with Crippen LogP contribution < -0.4 is 11.1 Å². The number of halogens is 4. The number of carbonyl (C=O) groups excluding carboxylic acids is 2. The molecule has 0 saturated carbocycles. The third-order valence-electron chi connectivity index (χ3n) is 3.85. The summed E-state index contributed by atoms with van der Waals surface area (Å²) in [5.74, 6) is -0.701. The minimum absolute atomic E-state index is 0.0526. The first kappa shape index (κ1) is 21.7. The topological polar surface area (TPSA) is 111 Å². The van der Waals surface area contributed by atoms with Gasteiger partial charge >= 0.3 is 6.18 Å². The highest BCUT2D eigenvalue weighted by Gasteiger charge is 2.33. The van der Waals surface area contributed by atoms with Gasteiger partial charge in [0.15, 0.2) is 5.78 Å². The number of benzene rings is 1. The summed E-state index contributed by atoms with van der Waals surface area (Å²) in [6.45, 7) is 0. The van der Waals surface area contributed by atoms with Crippen LogP contribution in [0, 0.1) is 0 Å². The van der Waals surface area contributed by atoms with Crippen molar-refractivity contribution in [1.82, 2.24) is 15.0 Å². The van der Waals surface area contributed by atoms with Crippen LogP contribution in [0.15, 0.2) is 36.8 Å². The van der Waals surface area contributed by atoms with Gasteiger partial charge in [0.05, 0.1) is 21.8 Å². The zero-order chi connectivity index (χ0) is 21.9. The number of aryl methyl sites for hydroxylation is 1. The lowest BCUT2D eigenvalue weighted by atomic mass is 10.1. The van der Waals surface area contributed by atoms with Crippen molar-refractivity contribution < 1.29 is 22.8 Å². The third-order valence-corrected chi connectivity index (χ3v) is 5.23. The van der Waals surface area contributed by atoms with E-state index >= 15 is 0 Å². The van der Waals surface area contributed by atoms with E-state index in [0.717, 1.165) is 23.5 Å². The maximum atomic E-state index is 12.9. The second-order valence-corrected chi connectivity index (χ2v) is 7.54. The van der Waals surface area contributed by atoms with Gasteiger partial charge in [-0.05, 0) is 18.2 Å². The predicted octanol–water partition coefficient (Wildman–Crippen LogP) is 4.26. The lowest BCUT2D eigenvalue weighted by molar-refractivity contribution is -0.137. The van der Waals surface area contributed by atoms with Crippen molar-refractivity contribution in [3.63, 3.8) is 0 Å². The average Bonchev–Trinajstić information content (AvgIpc) is 3.16. The molecule has 3 aromatic rings. The number of nitrogens with one attached hydrogen (secondary N) is 1. The molecule has 0 aliphatic heterocycles. The van der Waals surface area contributed by atoms with E-state index in [-0.39, 0.29) is 40.7 Å². The van der Waals surface area contributed by atoms with E-state index in [0.29, 0.717) is 5.01 Å². The number of amides is 1. The highest BCUT2D eigenvalue weighted by Crippen LogP contribution is 2.36. The molecule has 156 valence electrons. The standard InChI is InChI=1S/C18H13ClF3N5O2S/c19-11-2-1-9(5-10(11)18(20,21)22)27-17(29)14-7-24-16(30-14)4-3-13(28)12-6-15(23)26-8-25-12/h1-2,5-8H,3-4H2,(H,27,29)(H2,23,25,26). The van der Waals surface area contributed by atoms with Gasteiger partial charge in [0.1, 0.15) is 22.7 Å². The zero-order valence-electron chi connectivity index (χ0n) is 15.0. The number of nitrogen functional groups attached to an aromatic ring is 1. The van der Waals surface area contributed by atoms with Gasteiger partial charge in [-0.15, -0.1) is 11.3 Å². The largest absolute Gasteiger partial charge is 0.417 e. The number of hydrogen-bond donors (Lipinski definition) is 2. The average molecular weight is 456 g/mol. The molecule has 3 rings (SSSR count). The van der Waals surface area contributed by atoms with Gasteiger partial charge in [-0.2, -0.15) is 13.2 Å². The molecule has 12 heteroatoms. The Balaban J connectivity index is 1.63. The second kappa shape index (κ2) is 8.76. The maximum absolute atomic E-state index is 12.9. The van der Waals surface area contributed by atoms with Crippen LogP contribution in [-0.2, 0) is 12.6 Å². The molecule has 2 heterocycles. The third kappa shape index (κ3) is 5.30. The van der Waals surface area contributed by atoms with Crippen LogP contribution in [0.5, 0.6) is 0 Å². The molecule has 1 aromatic carbocycles. The van der Waals surface area contributed by atoms with Crippen LogP contribution in [0.25, 0.3) is 0 Å². The number of hydrogen-bond acceptors (Lipinski definition) is 7. The van der Waals surface area contributed by atoms with Crippen LogP contribution in [-0.4, -0.2) is 26.6 Å². The van der Waals surface area contributed by atoms with Gasteiger partial charge in [-0.25, -0.2) is 15.0 Å². The van der Waals surface area contributed by atoms with Gasteiger partial charge in [-0.1, -0.05) is 11.6 Å². The van der Waals surface area contributed by atoms with Crippen molar-refractivity contribution in [3.05, 3.63) is 63.0 Å². The number of nitrogens with two attached hydrogens (primary N) is 1. The quantitative estimate of drug-likeness (QED) is 0.537. The van der Waals surface area contributed by atoms with Crippen molar-refractivity contribution in [3.8, 4) is 0 Å². The first-order valence-corrected chi connectivity index (χ1v) is 9.56. The smallest absolute Gasteiger partial charge is 0.384 e. The van der Waals surface area contributed by atoms with Crippen molar-refractivity contribution in [2.45, 2.75) is 19.0 Å². The summed E-state index contributed by atoms with van der Waals surface area (Å²) < 4.78 is 38.8. The normalized spacial score (nSPS) is 11.3. The van der Waals surface area contributed by atoms with Crippen molar-refractivity contribution >= 4 is 46.1 Å². The number of Topliss-reactive ketones (excluding diaryl/α,β-unsaturated/α-hetero) is 1. The number of aromatic nitrogens is 3. The molecule has 0 bridgehead atoms.